The highest BCUT2D eigenvalue weighted by atomic mass is 16.5. The van der Waals surface area contributed by atoms with Crippen LogP contribution in [-0.2, 0) is 4.74 Å². The molecule has 2 unspecified atom stereocenters. The predicted octanol–water partition coefficient (Wildman–Crippen LogP) is 1.42. The lowest BCUT2D eigenvalue weighted by Crippen LogP contribution is -2.42. The lowest BCUT2D eigenvalue weighted by molar-refractivity contribution is 0.167. The maximum atomic E-state index is 6.03. The number of aromatic nitrogens is 1. The number of nitrogens with two attached hydrogens (primary N) is 1. The van der Waals surface area contributed by atoms with Gasteiger partial charge in [-0.2, -0.15) is 0 Å². The maximum absolute atomic E-state index is 6.03. The Bertz CT molecular complexity index is 435. The van der Waals surface area contributed by atoms with Crippen LogP contribution in [-0.4, -0.2) is 43.9 Å². The normalized spacial score (nSPS) is 26.8. The average Bonchev–Trinajstić information content (AvgIpc) is 2.99. The van der Waals surface area contributed by atoms with E-state index >= 15 is 0 Å². The van der Waals surface area contributed by atoms with E-state index in [4.69, 9.17) is 15.2 Å². The number of rotatable bonds is 4. The van der Waals surface area contributed by atoms with Gasteiger partial charge < -0.3 is 20.1 Å². The molecule has 0 saturated carbocycles. The van der Waals surface area contributed by atoms with E-state index in [0.717, 1.165) is 57.0 Å². The molecule has 3 heterocycles. The van der Waals surface area contributed by atoms with Gasteiger partial charge in [-0.3, -0.25) is 4.98 Å². The molecule has 2 atom stereocenters. The molecule has 2 N–H and O–H groups in total. The van der Waals surface area contributed by atoms with Gasteiger partial charge in [-0.05, 0) is 19.3 Å². The van der Waals surface area contributed by atoms with Gasteiger partial charge in [0.1, 0.15) is 5.75 Å². The largest absolute Gasteiger partial charge is 0.492 e. The van der Waals surface area contributed by atoms with Crippen LogP contribution in [0.15, 0.2) is 18.5 Å². The zero-order valence-electron chi connectivity index (χ0n) is 11.8. The van der Waals surface area contributed by atoms with Crippen molar-refractivity contribution in [3.63, 3.8) is 0 Å². The standard InChI is InChI=1S/C15H23N3O2/c16-13-2-1-4-18(9-13)14-6-15(8-17-7-14)20-11-12-3-5-19-10-12/h6-8,12-13H,1-5,9-11,16H2. The van der Waals surface area contributed by atoms with Crippen LogP contribution < -0.4 is 15.4 Å². The number of ether oxygens (including phenoxy) is 2. The second-order valence-electron chi connectivity index (χ2n) is 5.77. The number of hydrogen-bond donors (Lipinski definition) is 1. The summed E-state index contributed by atoms with van der Waals surface area (Å²) in [5, 5.41) is 0. The molecule has 1 aromatic heterocycles. The average molecular weight is 277 g/mol. The molecular formula is C15H23N3O2. The van der Waals surface area contributed by atoms with E-state index in [9.17, 15) is 0 Å². The first-order valence-corrected chi connectivity index (χ1v) is 7.47. The highest BCUT2D eigenvalue weighted by Gasteiger charge is 2.19. The van der Waals surface area contributed by atoms with Crippen molar-refractivity contribution >= 4 is 5.69 Å². The molecule has 3 rings (SSSR count). The summed E-state index contributed by atoms with van der Waals surface area (Å²) in [6, 6.07) is 2.34. The van der Waals surface area contributed by atoms with Gasteiger partial charge in [0, 0.05) is 37.7 Å². The lowest BCUT2D eigenvalue weighted by Gasteiger charge is -2.32. The Kier molecular flexibility index (Phi) is 4.38. The maximum Gasteiger partial charge on any atom is 0.139 e. The van der Waals surface area contributed by atoms with Gasteiger partial charge in [0.2, 0.25) is 0 Å². The third-order valence-electron chi connectivity index (χ3n) is 4.03. The van der Waals surface area contributed by atoms with Crippen molar-refractivity contribution in [2.24, 2.45) is 11.7 Å². The highest BCUT2D eigenvalue weighted by Crippen LogP contribution is 2.23. The quantitative estimate of drug-likeness (QED) is 0.902. The van der Waals surface area contributed by atoms with E-state index in [1.54, 1.807) is 6.20 Å². The van der Waals surface area contributed by atoms with Gasteiger partial charge in [-0.15, -0.1) is 0 Å². The van der Waals surface area contributed by atoms with Crippen LogP contribution >= 0.6 is 0 Å². The Hall–Kier alpha value is -1.33. The van der Waals surface area contributed by atoms with Gasteiger partial charge >= 0.3 is 0 Å². The minimum absolute atomic E-state index is 0.268. The van der Waals surface area contributed by atoms with Gasteiger partial charge in [0.25, 0.3) is 0 Å². The lowest BCUT2D eigenvalue weighted by atomic mass is 10.1. The van der Waals surface area contributed by atoms with Crippen LogP contribution in [0.4, 0.5) is 5.69 Å². The molecule has 110 valence electrons. The Morgan fingerprint density at radius 2 is 2.35 bits per heavy atom. The molecule has 0 aromatic carbocycles. The smallest absolute Gasteiger partial charge is 0.139 e. The minimum atomic E-state index is 0.268. The molecule has 2 saturated heterocycles. The van der Waals surface area contributed by atoms with Crippen molar-refractivity contribution in [3.05, 3.63) is 18.5 Å². The number of piperidine rings is 1. The molecule has 5 heteroatoms. The molecule has 20 heavy (non-hydrogen) atoms. The van der Waals surface area contributed by atoms with Crippen LogP contribution in [0.5, 0.6) is 5.75 Å². The second kappa shape index (κ2) is 6.41. The van der Waals surface area contributed by atoms with Crippen molar-refractivity contribution in [1.82, 2.24) is 4.98 Å². The number of anilines is 1. The third-order valence-corrected chi connectivity index (χ3v) is 4.03. The predicted molar refractivity (Wildman–Crippen MR) is 78.1 cm³/mol. The van der Waals surface area contributed by atoms with Crippen molar-refractivity contribution in [1.29, 1.82) is 0 Å². The summed E-state index contributed by atoms with van der Waals surface area (Å²) in [5.74, 6) is 1.36. The molecule has 2 aliphatic rings. The fraction of sp³-hybridized carbons (Fsp3) is 0.667. The van der Waals surface area contributed by atoms with Gasteiger partial charge in [-0.25, -0.2) is 0 Å². The Morgan fingerprint density at radius 1 is 1.40 bits per heavy atom. The first kappa shape index (κ1) is 13.6. The first-order valence-electron chi connectivity index (χ1n) is 7.47. The van der Waals surface area contributed by atoms with Crippen LogP contribution in [0, 0.1) is 5.92 Å². The fourth-order valence-electron chi connectivity index (χ4n) is 2.83. The monoisotopic (exact) mass is 277 g/mol. The Balaban J connectivity index is 1.59. The van der Waals surface area contributed by atoms with Gasteiger partial charge in [0.05, 0.1) is 31.3 Å². The molecular weight excluding hydrogens is 254 g/mol. The zero-order chi connectivity index (χ0) is 13.8. The van der Waals surface area contributed by atoms with Crippen LogP contribution in [0.1, 0.15) is 19.3 Å². The molecule has 2 aliphatic heterocycles. The van der Waals surface area contributed by atoms with E-state index in [1.807, 2.05) is 6.20 Å². The molecule has 0 amide bonds. The second-order valence-corrected chi connectivity index (χ2v) is 5.77. The van der Waals surface area contributed by atoms with Crippen molar-refractivity contribution in [3.8, 4) is 5.75 Å². The third kappa shape index (κ3) is 3.41. The zero-order valence-corrected chi connectivity index (χ0v) is 11.8. The molecule has 0 aliphatic carbocycles. The number of pyridine rings is 1. The SMILES string of the molecule is NC1CCCN(c2cncc(OCC3CCOC3)c2)C1. The highest BCUT2D eigenvalue weighted by molar-refractivity contribution is 5.48. The molecule has 5 nitrogen and oxygen atoms in total. The molecule has 0 radical (unpaired) electrons. The molecule has 0 spiro atoms. The van der Waals surface area contributed by atoms with E-state index in [1.165, 1.54) is 0 Å². The van der Waals surface area contributed by atoms with E-state index in [-0.39, 0.29) is 6.04 Å². The van der Waals surface area contributed by atoms with Crippen LogP contribution in [0.25, 0.3) is 0 Å². The fourth-order valence-corrected chi connectivity index (χ4v) is 2.83. The topological polar surface area (TPSA) is 60.6 Å². The molecule has 2 fully saturated rings. The molecule has 1 aromatic rings. The van der Waals surface area contributed by atoms with Crippen molar-refractivity contribution in [2.75, 3.05) is 37.8 Å². The summed E-state index contributed by atoms with van der Waals surface area (Å²) in [6.07, 6.45) is 7.02. The van der Waals surface area contributed by atoms with Crippen LogP contribution in [0.3, 0.4) is 0 Å². The van der Waals surface area contributed by atoms with Crippen molar-refractivity contribution < 1.29 is 9.47 Å². The van der Waals surface area contributed by atoms with Crippen LogP contribution in [0.2, 0.25) is 0 Å². The van der Waals surface area contributed by atoms with Gasteiger partial charge in [0.15, 0.2) is 0 Å². The Labute approximate surface area is 120 Å². The Morgan fingerprint density at radius 3 is 3.15 bits per heavy atom. The van der Waals surface area contributed by atoms with Crippen molar-refractivity contribution in [2.45, 2.75) is 25.3 Å². The van der Waals surface area contributed by atoms with E-state index in [0.29, 0.717) is 12.5 Å². The number of hydrogen-bond acceptors (Lipinski definition) is 5. The minimum Gasteiger partial charge on any atom is -0.492 e. The summed E-state index contributed by atoms with van der Waals surface area (Å²) >= 11 is 0. The number of nitrogens with zero attached hydrogens (tertiary/aromatic N) is 2. The molecule has 0 bridgehead atoms. The van der Waals surface area contributed by atoms with E-state index < -0.39 is 0 Å². The van der Waals surface area contributed by atoms with Gasteiger partial charge in [-0.1, -0.05) is 0 Å². The first-order chi connectivity index (χ1) is 9.81. The summed E-state index contributed by atoms with van der Waals surface area (Å²) in [5.41, 5.74) is 7.15. The van der Waals surface area contributed by atoms with E-state index in [2.05, 4.69) is 16.0 Å². The summed E-state index contributed by atoms with van der Waals surface area (Å²) < 4.78 is 11.2. The summed E-state index contributed by atoms with van der Waals surface area (Å²) in [6.45, 7) is 4.34. The summed E-state index contributed by atoms with van der Waals surface area (Å²) in [7, 11) is 0. The summed E-state index contributed by atoms with van der Waals surface area (Å²) in [4.78, 5) is 6.59.